The van der Waals surface area contributed by atoms with Gasteiger partial charge in [-0.05, 0) is 38.2 Å². The molecule has 0 aromatic carbocycles. The number of hydrogen-bond acceptors (Lipinski definition) is 4. The first kappa shape index (κ1) is 11.4. The molecule has 0 atom stereocenters. The first-order chi connectivity index (χ1) is 6.54. The van der Waals surface area contributed by atoms with Gasteiger partial charge >= 0.3 is 0 Å². The van der Waals surface area contributed by atoms with Gasteiger partial charge in [0.05, 0.1) is 0 Å². The fourth-order valence-electron chi connectivity index (χ4n) is 1.24. The second kappa shape index (κ2) is 4.23. The van der Waals surface area contributed by atoms with Crippen LogP contribution in [0.3, 0.4) is 0 Å². The summed E-state index contributed by atoms with van der Waals surface area (Å²) in [6, 6.07) is 0. The van der Waals surface area contributed by atoms with Crippen molar-refractivity contribution in [2.24, 2.45) is 0 Å². The van der Waals surface area contributed by atoms with Gasteiger partial charge in [-0.25, -0.2) is 0 Å². The fourth-order valence-corrected chi connectivity index (χ4v) is 1.24. The lowest BCUT2D eigenvalue weighted by Gasteiger charge is -2.29. The van der Waals surface area contributed by atoms with E-state index in [2.05, 4.69) is 0 Å². The van der Waals surface area contributed by atoms with Crippen molar-refractivity contribution >= 4 is 0 Å². The van der Waals surface area contributed by atoms with Crippen LogP contribution in [0.5, 0.6) is 0 Å². The van der Waals surface area contributed by atoms with Gasteiger partial charge in [-0.3, -0.25) is 0 Å². The maximum absolute atomic E-state index is 9.71. The molecule has 0 aliphatic heterocycles. The summed E-state index contributed by atoms with van der Waals surface area (Å²) >= 11 is 0. The summed E-state index contributed by atoms with van der Waals surface area (Å²) in [5, 5.41) is 19.4. The van der Waals surface area contributed by atoms with Crippen molar-refractivity contribution in [1.82, 2.24) is 0 Å². The number of ether oxygens (including phenoxy) is 2. The average Bonchev–Trinajstić information content (AvgIpc) is 2.13. The van der Waals surface area contributed by atoms with Crippen molar-refractivity contribution < 1.29 is 19.7 Å². The van der Waals surface area contributed by atoms with Gasteiger partial charge in [0, 0.05) is 13.2 Å². The Kier molecular flexibility index (Phi) is 3.44. The zero-order valence-corrected chi connectivity index (χ0v) is 8.43. The quantitative estimate of drug-likeness (QED) is 0.514. The fraction of sp³-hybridized carbons (Fsp3) is 0.600. The van der Waals surface area contributed by atoms with Gasteiger partial charge < -0.3 is 19.7 Å². The predicted molar refractivity (Wildman–Crippen MR) is 51.4 cm³/mol. The van der Waals surface area contributed by atoms with E-state index in [1.807, 2.05) is 0 Å². The molecule has 14 heavy (non-hydrogen) atoms. The minimum atomic E-state index is -1.42. The van der Waals surface area contributed by atoms with E-state index in [0.29, 0.717) is 13.2 Å². The minimum absolute atomic E-state index is 0.387. The molecule has 2 N–H and O–H groups in total. The van der Waals surface area contributed by atoms with E-state index >= 15 is 0 Å². The number of rotatable bonds is 4. The monoisotopic (exact) mass is 200 g/mol. The highest BCUT2D eigenvalue weighted by Gasteiger charge is 2.31. The molecule has 0 saturated heterocycles. The van der Waals surface area contributed by atoms with E-state index in [1.165, 1.54) is 24.3 Å². The number of hydrogen-bond donors (Lipinski definition) is 2. The largest absolute Gasteiger partial charge is 0.359 e. The molecule has 0 aromatic rings. The lowest BCUT2D eigenvalue weighted by atomic mass is 10.1. The molecule has 0 spiro atoms. The lowest BCUT2D eigenvalue weighted by Crippen LogP contribution is -2.37. The Labute approximate surface area is 83.5 Å². The van der Waals surface area contributed by atoms with Crippen molar-refractivity contribution in [1.29, 1.82) is 0 Å². The van der Waals surface area contributed by atoms with Crippen LogP contribution in [-0.2, 0) is 9.47 Å². The highest BCUT2D eigenvalue weighted by Crippen LogP contribution is 2.23. The molecule has 1 aliphatic rings. The van der Waals surface area contributed by atoms with Gasteiger partial charge in [0.2, 0.25) is 11.6 Å². The molecule has 0 aromatic heterocycles. The van der Waals surface area contributed by atoms with E-state index in [9.17, 15) is 10.2 Å². The molecule has 4 nitrogen and oxygen atoms in total. The summed E-state index contributed by atoms with van der Waals surface area (Å²) in [4.78, 5) is 0. The molecule has 0 amide bonds. The molecule has 1 rings (SSSR count). The Morgan fingerprint density at radius 1 is 0.857 bits per heavy atom. The van der Waals surface area contributed by atoms with E-state index < -0.39 is 11.6 Å². The molecule has 0 saturated carbocycles. The lowest BCUT2D eigenvalue weighted by molar-refractivity contribution is -0.153. The zero-order valence-electron chi connectivity index (χ0n) is 8.43. The van der Waals surface area contributed by atoms with Crippen LogP contribution in [0.15, 0.2) is 24.3 Å². The first-order valence-corrected chi connectivity index (χ1v) is 4.67. The zero-order chi connectivity index (χ0) is 10.7. The van der Waals surface area contributed by atoms with Gasteiger partial charge in [-0.15, -0.1) is 0 Å². The van der Waals surface area contributed by atoms with Crippen molar-refractivity contribution in [3.63, 3.8) is 0 Å². The Hall–Kier alpha value is -0.680. The van der Waals surface area contributed by atoms with E-state index in [4.69, 9.17) is 9.47 Å². The summed E-state index contributed by atoms with van der Waals surface area (Å²) in [7, 11) is 0. The van der Waals surface area contributed by atoms with Gasteiger partial charge in [0.25, 0.3) is 0 Å². The molecular weight excluding hydrogens is 184 g/mol. The maximum Gasteiger partial charge on any atom is 0.205 e. The smallest absolute Gasteiger partial charge is 0.205 e. The Balaban J connectivity index is 2.68. The summed E-state index contributed by atoms with van der Waals surface area (Å²) in [5.74, 6) is -2.84. The average molecular weight is 200 g/mol. The second-order valence-electron chi connectivity index (χ2n) is 3.04. The third kappa shape index (κ3) is 2.65. The van der Waals surface area contributed by atoms with Gasteiger partial charge in [0.1, 0.15) is 0 Å². The molecule has 0 bridgehead atoms. The molecule has 0 radical (unpaired) electrons. The first-order valence-electron chi connectivity index (χ1n) is 4.67. The Bertz CT molecular complexity index is 207. The number of aliphatic hydroxyl groups is 2. The highest BCUT2D eigenvalue weighted by molar-refractivity contribution is 5.23. The van der Waals surface area contributed by atoms with Crippen molar-refractivity contribution in [3.05, 3.63) is 24.3 Å². The standard InChI is InChI=1S/C10H16O4/c1-3-13-9(11)5-7-10(12,8-6-9)14-4-2/h5-8,11-12H,3-4H2,1-2H3. The topological polar surface area (TPSA) is 58.9 Å². The van der Waals surface area contributed by atoms with E-state index in [0.717, 1.165) is 0 Å². The summed E-state index contributed by atoms with van der Waals surface area (Å²) in [6.45, 7) is 4.34. The van der Waals surface area contributed by atoms with Crippen LogP contribution in [0, 0.1) is 0 Å². The second-order valence-corrected chi connectivity index (χ2v) is 3.04. The van der Waals surface area contributed by atoms with Gasteiger partial charge in [-0.2, -0.15) is 0 Å². The van der Waals surface area contributed by atoms with Crippen LogP contribution in [-0.4, -0.2) is 35.0 Å². The predicted octanol–water partition coefficient (Wildman–Crippen LogP) is 0.563. The van der Waals surface area contributed by atoms with E-state index in [-0.39, 0.29) is 0 Å². The molecule has 0 fully saturated rings. The summed E-state index contributed by atoms with van der Waals surface area (Å²) in [6.07, 6.45) is 5.47. The van der Waals surface area contributed by atoms with Gasteiger partial charge in [0.15, 0.2) is 0 Å². The van der Waals surface area contributed by atoms with Crippen LogP contribution < -0.4 is 0 Å². The van der Waals surface area contributed by atoms with E-state index in [1.54, 1.807) is 13.8 Å². The van der Waals surface area contributed by atoms with Crippen molar-refractivity contribution in [2.45, 2.75) is 25.4 Å². The molecule has 1 aliphatic carbocycles. The molecule has 4 heteroatoms. The maximum atomic E-state index is 9.71. The minimum Gasteiger partial charge on any atom is -0.359 e. The molecule has 0 heterocycles. The molecule has 0 unspecified atom stereocenters. The molecular formula is C10H16O4. The summed E-state index contributed by atoms with van der Waals surface area (Å²) in [5.41, 5.74) is 0. The Morgan fingerprint density at radius 2 is 1.14 bits per heavy atom. The third-order valence-electron chi connectivity index (χ3n) is 1.87. The van der Waals surface area contributed by atoms with Crippen LogP contribution in [0.25, 0.3) is 0 Å². The third-order valence-corrected chi connectivity index (χ3v) is 1.87. The van der Waals surface area contributed by atoms with Crippen LogP contribution in [0.1, 0.15) is 13.8 Å². The SMILES string of the molecule is CCOC1(O)C=CC(O)(OCC)C=C1. The highest BCUT2D eigenvalue weighted by atomic mass is 16.6. The normalized spacial score (nSPS) is 36.3. The Morgan fingerprint density at radius 3 is 1.36 bits per heavy atom. The van der Waals surface area contributed by atoms with Crippen LogP contribution >= 0.6 is 0 Å². The summed E-state index contributed by atoms with van der Waals surface area (Å²) < 4.78 is 10.1. The van der Waals surface area contributed by atoms with Crippen molar-refractivity contribution in [2.75, 3.05) is 13.2 Å². The van der Waals surface area contributed by atoms with Gasteiger partial charge in [-0.1, -0.05) is 0 Å². The van der Waals surface area contributed by atoms with Crippen LogP contribution in [0.2, 0.25) is 0 Å². The molecule has 80 valence electrons. The van der Waals surface area contributed by atoms with Crippen molar-refractivity contribution in [3.8, 4) is 0 Å². The van der Waals surface area contributed by atoms with Crippen LogP contribution in [0.4, 0.5) is 0 Å².